The second-order valence-corrected chi connectivity index (χ2v) is 2.31. The maximum atomic E-state index is 12.3. The van der Waals surface area contributed by atoms with E-state index < -0.39 is 31.1 Å². The molecule has 0 aliphatic carbocycles. The van der Waals surface area contributed by atoms with E-state index in [0.29, 0.717) is 0 Å². The summed E-state index contributed by atoms with van der Waals surface area (Å²) in [5.41, 5.74) is 0. The van der Waals surface area contributed by atoms with E-state index >= 15 is 0 Å². The van der Waals surface area contributed by atoms with Crippen LogP contribution in [0.1, 0.15) is 0 Å². The first-order valence-corrected chi connectivity index (χ1v) is 3.29. The summed E-state index contributed by atoms with van der Waals surface area (Å²) >= 11 is 0. The van der Waals surface area contributed by atoms with Gasteiger partial charge in [-0.05, 0) is 0 Å². The molecule has 0 aliphatic heterocycles. The number of alkyl halides is 1. The fourth-order valence-corrected chi connectivity index (χ4v) is 0.604. The van der Waals surface area contributed by atoms with E-state index in [-0.39, 0.29) is 6.29 Å². The number of hydrogen-bond donors (Lipinski definition) is 4. The van der Waals surface area contributed by atoms with Gasteiger partial charge in [-0.3, -0.25) is 0 Å². The Morgan fingerprint density at radius 3 is 2.08 bits per heavy atom. The van der Waals surface area contributed by atoms with Gasteiger partial charge in [0.25, 0.3) is 0 Å². The van der Waals surface area contributed by atoms with E-state index in [0.717, 1.165) is 0 Å². The minimum absolute atomic E-state index is 0.196. The summed E-state index contributed by atoms with van der Waals surface area (Å²) in [6.45, 7) is -0.816. The Labute approximate surface area is 68.1 Å². The Morgan fingerprint density at radius 1 is 1.25 bits per heavy atom. The SMILES string of the molecule is O=C[C@@H](F)[C@H](O)[C@H](O)[C@@H](O)CO. The number of carbonyl (C=O) groups excluding carboxylic acids is 1. The van der Waals surface area contributed by atoms with Crippen molar-refractivity contribution in [1.29, 1.82) is 0 Å². The molecule has 0 heterocycles. The van der Waals surface area contributed by atoms with Gasteiger partial charge in [0.15, 0.2) is 12.5 Å². The van der Waals surface area contributed by atoms with Gasteiger partial charge in [-0.15, -0.1) is 0 Å². The van der Waals surface area contributed by atoms with E-state index in [1.165, 1.54) is 0 Å². The van der Waals surface area contributed by atoms with Crippen LogP contribution in [-0.2, 0) is 4.79 Å². The molecular formula is C6H11FO5. The molecule has 0 saturated heterocycles. The van der Waals surface area contributed by atoms with Gasteiger partial charge in [0.1, 0.15) is 18.3 Å². The zero-order valence-electron chi connectivity index (χ0n) is 6.17. The molecule has 0 aliphatic rings. The summed E-state index contributed by atoms with van der Waals surface area (Å²) in [4.78, 5) is 9.77. The second kappa shape index (κ2) is 5.15. The van der Waals surface area contributed by atoms with Gasteiger partial charge in [0.2, 0.25) is 0 Å². The Morgan fingerprint density at radius 2 is 1.75 bits per heavy atom. The van der Waals surface area contributed by atoms with E-state index in [1.807, 2.05) is 0 Å². The Kier molecular flexibility index (Phi) is 4.91. The lowest BCUT2D eigenvalue weighted by molar-refractivity contribution is -0.127. The standard InChI is InChI=1S/C6H11FO5/c7-3(1-8)5(11)6(12)4(10)2-9/h1,3-6,9-12H,2H2/t3-,4+,5+,6-/m1/s1. The second-order valence-electron chi connectivity index (χ2n) is 2.31. The molecule has 4 atom stereocenters. The third kappa shape index (κ3) is 2.82. The van der Waals surface area contributed by atoms with Gasteiger partial charge in [-0.1, -0.05) is 0 Å². The molecule has 12 heavy (non-hydrogen) atoms. The first-order chi connectivity index (χ1) is 5.54. The molecule has 0 aromatic heterocycles. The number of carbonyl (C=O) groups is 1. The van der Waals surface area contributed by atoms with E-state index in [4.69, 9.17) is 20.4 Å². The molecule has 0 amide bonds. The predicted molar refractivity (Wildman–Crippen MR) is 36.1 cm³/mol. The highest BCUT2D eigenvalue weighted by Gasteiger charge is 2.30. The van der Waals surface area contributed by atoms with Crippen LogP contribution in [0, 0.1) is 0 Å². The summed E-state index contributed by atoms with van der Waals surface area (Å²) < 4.78 is 12.3. The third-order valence-electron chi connectivity index (χ3n) is 1.39. The lowest BCUT2D eigenvalue weighted by Gasteiger charge is -2.21. The molecule has 0 aromatic rings. The fourth-order valence-electron chi connectivity index (χ4n) is 0.604. The Balaban J connectivity index is 4.07. The summed E-state index contributed by atoms with van der Waals surface area (Å²) in [5.74, 6) is 0. The number of rotatable bonds is 5. The van der Waals surface area contributed by atoms with Crippen LogP contribution in [0.4, 0.5) is 4.39 Å². The highest BCUT2D eigenvalue weighted by atomic mass is 19.1. The smallest absolute Gasteiger partial charge is 0.183 e. The van der Waals surface area contributed by atoms with Crippen molar-refractivity contribution < 1.29 is 29.6 Å². The van der Waals surface area contributed by atoms with Crippen LogP contribution in [-0.4, -0.2) is 57.8 Å². The van der Waals surface area contributed by atoms with Crippen molar-refractivity contribution in [2.75, 3.05) is 6.61 Å². The summed E-state index contributed by atoms with van der Waals surface area (Å²) in [6.07, 6.45) is -7.99. The monoisotopic (exact) mass is 182 g/mol. The lowest BCUT2D eigenvalue weighted by Crippen LogP contribution is -2.44. The molecule has 72 valence electrons. The molecular weight excluding hydrogens is 171 g/mol. The van der Waals surface area contributed by atoms with Crippen molar-refractivity contribution >= 4 is 6.29 Å². The molecule has 5 nitrogen and oxygen atoms in total. The van der Waals surface area contributed by atoms with Gasteiger partial charge in [0, 0.05) is 0 Å². The number of hydrogen-bond acceptors (Lipinski definition) is 5. The Bertz CT molecular complexity index is 142. The minimum Gasteiger partial charge on any atom is -0.394 e. The molecule has 0 saturated carbocycles. The normalized spacial score (nSPS) is 21.1. The number of aliphatic hydroxyl groups is 4. The molecule has 0 spiro atoms. The maximum absolute atomic E-state index is 12.3. The van der Waals surface area contributed by atoms with Gasteiger partial charge in [-0.2, -0.15) is 0 Å². The first-order valence-electron chi connectivity index (χ1n) is 3.29. The van der Waals surface area contributed by atoms with Gasteiger partial charge in [0.05, 0.1) is 6.61 Å². The maximum Gasteiger partial charge on any atom is 0.183 e. The van der Waals surface area contributed by atoms with Gasteiger partial charge in [-0.25, -0.2) is 4.39 Å². The third-order valence-corrected chi connectivity index (χ3v) is 1.39. The summed E-state index contributed by atoms with van der Waals surface area (Å²) in [7, 11) is 0. The van der Waals surface area contributed by atoms with Gasteiger partial charge < -0.3 is 25.2 Å². The van der Waals surface area contributed by atoms with Crippen molar-refractivity contribution in [2.45, 2.75) is 24.5 Å². The molecule has 6 heteroatoms. The number of aliphatic hydroxyl groups excluding tert-OH is 4. The predicted octanol–water partition coefficient (Wildman–Crippen LogP) is -2.40. The van der Waals surface area contributed by atoms with Crippen molar-refractivity contribution in [3.05, 3.63) is 0 Å². The molecule has 0 aromatic carbocycles. The average Bonchev–Trinajstić information content (AvgIpc) is 2.12. The molecule has 0 unspecified atom stereocenters. The van der Waals surface area contributed by atoms with Crippen LogP contribution < -0.4 is 0 Å². The van der Waals surface area contributed by atoms with Crippen LogP contribution in [0.15, 0.2) is 0 Å². The lowest BCUT2D eigenvalue weighted by atomic mass is 10.1. The van der Waals surface area contributed by atoms with Crippen molar-refractivity contribution in [3.63, 3.8) is 0 Å². The van der Waals surface area contributed by atoms with Crippen LogP contribution >= 0.6 is 0 Å². The fraction of sp³-hybridized carbons (Fsp3) is 0.833. The van der Waals surface area contributed by atoms with Gasteiger partial charge >= 0.3 is 0 Å². The summed E-state index contributed by atoms with van der Waals surface area (Å²) in [5, 5.41) is 34.6. The van der Waals surface area contributed by atoms with Crippen molar-refractivity contribution in [1.82, 2.24) is 0 Å². The van der Waals surface area contributed by atoms with E-state index in [1.54, 1.807) is 0 Å². The minimum atomic E-state index is -2.26. The molecule has 0 rings (SSSR count). The zero-order valence-corrected chi connectivity index (χ0v) is 6.17. The van der Waals surface area contributed by atoms with Crippen LogP contribution in [0.3, 0.4) is 0 Å². The molecule has 0 radical (unpaired) electrons. The number of halogens is 1. The highest BCUT2D eigenvalue weighted by Crippen LogP contribution is 2.05. The first kappa shape index (κ1) is 11.4. The summed E-state index contributed by atoms with van der Waals surface area (Å²) in [6, 6.07) is 0. The van der Waals surface area contributed by atoms with Crippen LogP contribution in [0.25, 0.3) is 0 Å². The highest BCUT2D eigenvalue weighted by molar-refractivity contribution is 5.56. The topological polar surface area (TPSA) is 98.0 Å². The van der Waals surface area contributed by atoms with Crippen molar-refractivity contribution in [3.8, 4) is 0 Å². The largest absolute Gasteiger partial charge is 0.394 e. The average molecular weight is 182 g/mol. The van der Waals surface area contributed by atoms with E-state index in [9.17, 15) is 9.18 Å². The Hall–Kier alpha value is -0.560. The van der Waals surface area contributed by atoms with Crippen LogP contribution in [0.2, 0.25) is 0 Å². The number of aldehydes is 1. The van der Waals surface area contributed by atoms with Crippen molar-refractivity contribution in [2.24, 2.45) is 0 Å². The zero-order chi connectivity index (χ0) is 9.72. The molecule has 4 N–H and O–H groups in total. The quantitative estimate of drug-likeness (QED) is 0.355. The van der Waals surface area contributed by atoms with E-state index in [2.05, 4.69) is 0 Å². The van der Waals surface area contributed by atoms with Crippen LogP contribution in [0.5, 0.6) is 0 Å². The molecule has 0 bridgehead atoms. The molecule has 0 fully saturated rings.